The van der Waals surface area contributed by atoms with Gasteiger partial charge in [0.05, 0.1) is 0 Å². The quantitative estimate of drug-likeness (QED) is 0.728. The summed E-state index contributed by atoms with van der Waals surface area (Å²) < 4.78 is 0. The minimum atomic E-state index is -1.34. The number of hydrogen-bond acceptors (Lipinski definition) is 2. The molecule has 24 heavy (non-hydrogen) atoms. The number of hydrogen-bond donors (Lipinski definition) is 1. The maximum atomic E-state index is 11.3. The van der Waals surface area contributed by atoms with Crippen LogP contribution in [0.4, 0.5) is 0 Å². The van der Waals surface area contributed by atoms with Gasteiger partial charge in [-0.3, -0.25) is 0 Å². The second-order valence-corrected chi connectivity index (χ2v) is 5.93. The topological polar surface area (TPSA) is 33.1 Å². The number of pyridine rings is 1. The summed E-state index contributed by atoms with van der Waals surface area (Å²) >= 11 is 6.10. The lowest BCUT2D eigenvalue weighted by atomic mass is 9.87. The minimum absolute atomic E-state index is 0.369. The predicted octanol–water partition coefficient (Wildman–Crippen LogP) is 4.22. The number of aromatic nitrogens is 1. The Morgan fingerprint density at radius 1 is 0.958 bits per heavy atom. The number of rotatable bonds is 3. The summed E-state index contributed by atoms with van der Waals surface area (Å²) in [7, 11) is 0. The van der Waals surface area contributed by atoms with E-state index in [-0.39, 0.29) is 0 Å². The van der Waals surface area contributed by atoms with Crippen molar-refractivity contribution in [3.8, 4) is 11.8 Å². The highest BCUT2D eigenvalue weighted by molar-refractivity contribution is 6.30. The zero-order chi connectivity index (χ0) is 16.8. The number of nitrogens with zero attached hydrogens (tertiary/aromatic N) is 1. The van der Waals surface area contributed by atoms with Crippen molar-refractivity contribution in [2.24, 2.45) is 0 Å². The van der Waals surface area contributed by atoms with Gasteiger partial charge in [-0.25, -0.2) is 4.98 Å². The Kier molecular flexibility index (Phi) is 4.96. The summed E-state index contributed by atoms with van der Waals surface area (Å²) in [6.45, 7) is 0. The summed E-state index contributed by atoms with van der Waals surface area (Å²) in [6.07, 6.45) is 2.05. The Balaban J connectivity index is 2.02. The van der Waals surface area contributed by atoms with Crippen LogP contribution in [0.25, 0.3) is 0 Å². The van der Waals surface area contributed by atoms with E-state index in [1.807, 2.05) is 60.7 Å². The second-order valence-electron chi connectivity index (χ2n) is 5.50. The molecule has 0 saturated carbocycles. The third kappa shape index (κ3) is 4.02. The molecule has 0 amide bonds. The van der Waals surface area contributed by atoms with Gasteiger partial charge in [0.2, 0.25) is 0 Å². The van der Waals surface area contributed by atoms with Gasteiger partial charge in [0.1, 0.15) is 5.69 Å². The maximum Gasteiger partial charge on any atom is 0.155 e. The van der Waals surface area contributed by atoms with Gasteiger partial charge in [0.15, 0.2) is 5.60 Å². The molecule has 3 heteroatoms. The van der Waals surface area contributed by atoms with Gasteiger partial charge in [0, 0.05) is 17.6 Å². The molecular weight excluding hydrogens is 318 g/mol. The highest BCUT2D eigenvalue weighted by Crippen LogP contribution is 2.27. The molecule has 1 unspecified atom stereocenters. The molecule has 0 saturated heterocycles. The molecule has 0 radical (unpaired) electrons. The van der Waals surface area contributed by atoms with E-state index in [9.17, 15) is 5.11 Å². The van der Waals surface area contributed by atoms with Crippen LogP contribution < -0.4 is 0 Å². The van der Waals surface area contributed by atoms with E-state index in [0.717, 1.165) is 5.56 Å². The van der Waals surface area contributed by atoms with Gasteiger partial charge in [-0.1, -0.05) is 66.1 Å². The highest BCUT2D eigenvalue weighted by atomic mass is 35.5. The summed E-state index contributed by atoms with van der Waals surface area (Å²) in [6, 6.07) is 22.5. The second kappa shape index (κ2) is 7.31. The van der Waals surface area contributed by atoms with Crippen LogP contribution in [0.2, 0.25) is 5.02 Å². The Morgan fingerprint density at radius 2 is 1.75 bits per heavy atom. The van der Waals surface area contributed by atoms with Gasteiger partial charge in [-0.2, -0.15) is 0 Å². The molecular formula is C21H16ClNO. The zero-order valence-electron chi connectivity index (χ0n) is 13.0. The van der Waals surface area contributed by atoms with Crippen LogP contribution in [0.15, 0.2) is 79.0 Å². The largest absolute Gasteiger partial charge is 0.373 e. The monoisotopic (exact) mass is 333 g/mol. The average Bonchev–Trinajstić information content (AvgIpc) is 2.62. The fourth-order valence-electron chi connectivity index (χ4n) is 2.46. The molecule has 0 aliphatic heterocycles. The van der Waals surface area contributed by atoms with E-state index in [0.29, 0.717) is 22.7 Å². The minimum Gasteiger partial charge on any atom is -0.373 e. The third-order valence-electron chi connectivity index (χ3n) is 3.67. The lowest BCUT2D eigenvalue weighted by Gasteiger charge is -2.23. The molecule has 1 N–H and O–H groups in total. The van der Waals surface area contributed by atoms with Gasteiger partial charge >= 0.3 is 0 Å². The standard InChI is InChI=1S/C21H16ClNO/c22-19-10-6-9-18(15-19)21(24,16-17-7-2-1-3-8-17)13-12-20-11-4-5-14-23-20/h1-11,14-15,24H,16H2. The molecule has 1 aromatic heterocycles. The molecule has 118 valence electrons. The normalized spacial score (nSPS) is 12.8. The molecule has 0 aliphatic rings. The summed E-state index contributed by atoms with van der Waals surface area (Å²) in [4.78, 5) is 4.19. The van der Waals surface area contributed by atoms with Crippen molar-refractivity contribution >= 4 is 11.6 Å². The van der Waals surface area contributed by atoms with Crippen LogP contribution in [0.3, 0.4) is 0 Å². The third-order valence-corrected chi connectivity index (χ3v) is 3.90. The van der Waals surface area contributed by atoms with Gasteiger partial charge in [-0.15, -0.1) is 0 Å². The Bertz CT molecular complexity index is 868. The number of halogens is 1. The van der Waals surface area contributed by atoms with Crippen molar-refractivity contribution in [1.29, 1.82) is 0 Å². The van der Waals surface area contributed by atoms with Crippen molar-refractivity contribution in [2.45, 2.75) is 12.0 Å². The Morgan fingerprint density at radius 3 is 2.46 bits per heavy atom. The highest BCUT2D eigenvalue weighted by Gasteiger charge is 2.27. The SMILES string of the molecule is OC(C#Cc1ccccn1)(Cc1ccccc1)c1cccc(Cl)c1. The van der Waals surface area contributed by atoms with E-state index >= 15 is 0 Å². The van der Waals surface area contributed by atoms with Crippen LogP contribution >= 0.6 is 11.6 Å². The van der Waals surface area contributed by atoms with Crippen LogP contribution in [-0.2, 0) is 12.0 Å². The van der Waals surface area contributed by atoms with Gasteiger partial charge in [-0.05, 0) is 41.3 Å². The predicted molar refractivity (Wildman–Crippen MR) is 96.6 cm³/mol. The average molecular weight is 334 g/mol. The van der Waals surface area contributed by atoms with E-state index in [4.69, 9.17) is 11.6 Å². The summed E-state index contributed by atoms with van der Waals surface area (Å²) in [5.41, 5.74) is 0.938. The first-order valence-electron chi connectivity index (χ1n) is 7.62. The molecule has 2 nitrogen and oxygen atoms in total. The van der Waals surface area contributed by atoms with Crippen molar-refractivity contribution in [1.82, 2.24) is 4.98 Å². The number of benzene rings is 2. The van der Waals surface area contributed by atoms with E-state index in [1.165, 1.54) is 0 Å². The first-order valence-corrected chi connectivity index (χ1v) is 8.00. The zero-order valence-corrected chi connectivity index (χ0v) is 13.7. The van der Waals surface area contributed by atoms with Crippen LogP contribution in [0.1, 0.15) is 16.8 Å². The van der Waals surface area contributed by atoms with E-state index < -0.39 is 5.60 Å². The molecule has 1 heterocycles. The van der Waals surface area contributed by atoms with E-state index in [2.05, 4.69) is 16.8 Å². The van der Waals surface area contributed by atoms with E-state index in [1.54, 1.807) is 18.3 Å². The summed E-state index contributed by atoms with van der Waals surface area (Å²) in [5.74, 6) is 5.96. The molecule has 0 aliphatic carbocycles. The molecule has 2 aromatic carbocycles. The van der Waals surface area contributed by atoms with Crippen molar-refractivity contribution in [2.75, 3.05) is 0 Å². The Labute approximate surface area is 146 Å². The molecule has 0 fully saturated rings. The molecule has 3 rings (SSSR count). The Hall–Kier alpha value is -2.60. The smallest absolute Gasteiger partial charge is 0.155 e. The van der Waals surface area contributed by atoms with Crippen molar-refractivity contribution in [3.63, 3.8) is 0 Å². The molecule has 0 spiro atoms. The maximum absolute atomic E-state index is 11.3. The van der Waals surface area contributed by atoms with Crippen molar-refractivity contribution < 1.29 is 5.11 Å². The fourth-order valence-corrected chi connectivity index (χ4v) is 2.65. The fraction of sp³-hybridized carbons (Fsp3) is 0.0952. The summed E-state index contributed by atoms with van der Waals surface area (Å²) in [5, 5.41) is 11.8. The molecule has 0 bridgehead atoms. The van der Waals surface area contributed by atoms with Crippen LogP contribution in [0.5, 0.6) is 0 Å². The van der Waals surface area contributed by atoms with Crippen LogP contribution in [0, 0.1) is 11.8 Å². The number of aliphatic hydroxyl groups is 1. The molecule has 3 aromatic rings. The first kappa shape index (κ1) is 16.3. The van der Waals surface area contributed by atoms with Gasteiger partial charge < -0.3 is 5.11 Å². The molecule has 1 atom stereocenters. The lowest BCUT2D eigenvalue weighted by Crippen LogP contribution is -2.26. The van der Waals surface area contributed by atoms with Gasteiger partial charge in [0.25, 0.3) is 0 Å². The first-order chi connectivity index (χ1) is 11.7. The van der Waals surface area contributed by atoms with Crippen molar-refractivity contribution in [3.05, 3.63) is 101 Å². The lowest BCUT2D eigenvalue weighted by molar-refractivity contribution is 0.101. The van der Waals surface area contributed by atoms with Crippen LogP contribution in [-0.4, -0.2) is 10.1 Å².